The van der Waals surface area contributed by atoms with Crippen molar-refractivity contribution in [3.63, 3.8) is 0 Å². The summed E-state index contributed by atoms with van der Waals surface area (Å²) >= 11 is 0. The molecule has 0 unspecified atom stereocenters. The number of benzene rings is 2. The van der Waals surface area contributed by atoms with E-state index in [9.17, 15) is 0 Å². The Hall–Kier alpha value is -2.48. The molecular formula is C20H22O2. The van der Waals surface area contributed by atoms with Crippen LogP contribution in [0.1, 0.15) is 11.1 Å². The number of allylic oxidation sites excluding steroid dienone is 2. The van der Waals surface area contributed by atoms with Gasteiger partial charge in [-0.05, 0) is 36.1 Å². The van der Waals surface area contributed by atoms with Gasteiger partial charge in [0.25, 0.3) is 0 Å². The molecule has 0 aliphatic heterocycles. The second-order valence-electron chi connectivity index (χ2n) is 4.97. The molecule has 22 heavy (non-hydrogen) atoms. The van der Waals surface area contributed by atoms with Crippen molar-refractivity contribution in [1.29, 1.82) is 0 Å². The van der Waals surface area contributed by atoms with Gasteiger partial charge in [0.15, 0.2) is 0 Å². The molecule has 0 spiro atoms. The van der Waals surface area contributed by atoms with Gasteiger partial charge in [-0.25, -0.2) is 0 Å². The molecule has 2 heteroatoms. The normalized spacial score (nSPS) is 10.1. The van der Waals surface area contributed by atoms with Crippen LogP contribution in [-0.2, 0) is 12.8 Å². The predicted molar refractivity (Wildman–Crippen MR) is 92.8 cm³/mol. The van der Waals surface area contributed by atoms with Crippen molar-refractivity contribution in [1.82, 2.24) is 0 Å². The van der Waals surface area contributed by atoms with Gasteiger partial charge in [-0.3, -0.25) is 0 Å². The van der Waals surface area contributed by atoms with Crippen LogP contribution >= 0.6 is 0 Å². The first-order chi connectivity index (χ1) is 10.8. The average Bonchev–Trinajstić information content (AvgIpc) is 2.55. The van der Waals surface area contributed by atoms with Crippen molar-refractivity contribution < 1.29 is 9.47 Å². The lowest BCUT2D eigenvalue weighted by atomic mass is 9.91. The van der Waals surface area contributed by atoms with E-state index in [1.165, 1.54) is 11.1 Å². The zero-order valence-corrected chi connectivity index (χ0v) is 13.3. The van der Waals surface area contributed by atoms with Gasteiger partial charge in [-0.2, -0.15) is 0 Å². The molecule has 0 aliphatic carbocycles. The minimum absolute atomic E-state index is 0.776. The highest BCUT2D eigenvalue weighted by Gasteiger charge is 2.18. The van der Waals surface area contributed by atoms with E-state index in [0.29, 0.717) is 0 Å². The zero-order valence-electron chi connectivity index (χ0n) is 13.3. The lowest BCUT2D eigenvalue weighted by Crippen LogP contribution is -1.99. The summed E-state index contributed by atoms with van der Waals surface area (Å²) in [7, 11) is 3.39. The van der Waals surface area contributed by atoms with Gasteiger partial charge in [-0.15, -0.1) is 13.2 Å². The molecule has 2 aromatic carbocycles. The fourth-order valence-corrected chi connectivity index (χ4v) is 2.71. The largest absolute Gasteiger partial charge is 0.496 e. The molecule has 0 radical (unpaired) electrons. The van der Waals surface area contributed by atoms with Gasteiger partial charge in [-0.1, -0.05) is 36.4 Å². The molecule has 0 bridgehead atoms. The summed E-state index contributed by atoms with van der Waals surface area (Å²) < 4.78 is 11.2. The van der Waals surface area contributed by atoms with Gasteiger partial charge in [0.1, 0.15) is 11.5 Å². The minimum Gasteiger partial charge on any atom is -0.496 e. The molecule has 0 amide bonds. The van der Waals surface area contributed by atoms with E-state index in [1.54, 1.807) is 14.2 Å². The average molecular weight is 294 g/mol. The first-order valence-electron chi connectivity index (χ1n) is 7.30. The number of methoxy groups -OCH3 is 2. The number of hydrogen-bond acceptors (Lipinski definition) is 2. The Morgan fingerprint density at radius 2 is 1.18 bits per heavy atom. The highest BCUT2D eigenvalue weighted by molar-refractivity contribution is 5.81. The maximum absolute atomic E-state index is 5.60. The first kappa shape index (κ1) is 15.9. The van der Waals surface area contributed by atoms with Gasteiger partial charge in [0, 0.05) is 11.1 Å². The molecule has 2 nitrogen and oxygen atoms in total. The molecule has 0 aromatic heterocycles. The van der Waals surface area contributed by atoms with Crippen molar-refractivity contribution >= 4 is 0 Å². The van der Waals surface area contributed by atoms with Crippen molar-refractivity contribution in [2.75, 3.05) is 14.2 Å². The van der Waals surface area contributed by atoms with E-state index < -0.39 is 0 Å². The Morgan fingerprint density at radius 1 is 0.773 bits per heavy atom. The Balaban J connectivity index is 2.79. The fourth-order valence-electron chi connectivity index (χ4n) is 2.71. The smallest absolute Gasteiger partial charge is 0.127 e. The quantitative estimate of drug-likeness (QED) is 0.681. The van der Waals surface area contributed by atoms with Crippen LogP contribution in [0.3, 0.4) is 0 Å². The first-order valence-corrected chi connectivity index (χ1v) is 7.30. The third-order valence-corrected chi connectivity index (χ3v) is 3.64. The summed E-state index contributed by atoms with van der Waals surface area (Å²) in [6.07, 6.45) is 5.36. The summed E-state index contributed by atoms with van der Waals surface area (Å²) in [6.45, 7) is 7.72. The molecule has 0 fully saturated rings. The van der Waals surface area contributed by atoms with Crippen molar-refractivity contribution in [3.05, 3.63) is 72.8 Å². The van der Waals surface area contributed by atoms with E-state index in [-0.39, 0.29) is 0 Å². The Bertz CT molecular complexity index is 612. The van der Waals surface area contributed by atoms with Crippen LogP contribution in [0.2, 0.25) is 0 Å². The standard InChI is InChI=1S/C20H22O2/c1-5-9-15-11-7-13-17(21-3)19(15)20-16(10-6-2)12-8-14-18(20)22-4/h5-8,11-14H,1-2,9-10H2,3-4H3. The maximum atomic E-state index is 5.60. The van der Waals surface area contributed by atoms with Crippen LogP contribution in [0.5, 0.6) is 11.5 Å². The lowest BCUT2D eigenvalue weighted by molar-refractivity contribution is 0.409. The van der Waals surface area contributed by atoms with Crippen molar-refractivity contribution in [2.24, 2.45) is 0 Å². The summed E-state index contributed by atoms with van der Waals surface area (Å²) in [5.41, 5.74) is 4.48. The van der Waals surface area contributed by atoms with Crippen LogP contribution in [-0.4, -0.2) is 14.2 Å². The highest BCUT2D eigenvalue weighted by Crippen LogP contribution is 2.41. The minimum atomic E-state index is 0.776. The van der Waals surface area contributed by atoms with Gasteiger partial charge < -0.3 is 9.47 Å². The molecule has 0 atom stereocenters. The Kier molecular flexibility index (Phi) is 5.42. The second kappa shape index (κ2) is 7.51. The van der Waals surface area contributed by atoms with Gasteiger partial charge in [0.2, 0.25) is 0 Å². The maximum Gasteiger partial charge on any atom is 0.127 e. The van der Waals surface area contributed by atoms with Crippen LogP contribution in [0.15, 0.2) is 61.7 Å². The zero-order chi connectivity index (χ0) is 15.9. The lowest BCUT2D eigenvalue weighted by Gasteiger charge is -2.19. The summed E-state index contributed by atoms with van der Waals surface area (Å²) in [5.74, 6) is 1.68. The molecule has 0 heterocycles. The van der Waals surface area contributed by atoms with E-state index in [0.717, 1.165) is 35.5 Å². The SMILES string of the molecule is C=CCc1cccc(OC)c1-c1c(CC=C)cccc1OC. The number of ether oxygens (including phenoxy) is 2. The molecular weight excluding hydrogens is 272 g/mol. The van der Waals surface area contributed by atoms with E-state index in [4.69, 9.17) is 9.47 Å². The van der Waals surface area contributed by atoms with Crippen molar-refractivity contribution in [2.45, 2.75) is 12.8 Å². The summed E-state index contributed by atoms with van der Waals surface area (Å²) in [6, 6.07) is 12.2. The molecule has 114 valence electrons. The molecule has 0 aliphatic rings. The Morgan fingerprint density at radius 3 is 1.50 bits per heavy atom. The number of hydrogen-bond donors (Lipinski definition) is 0. The third-order valence-electron chi connectivity index (χ3n) is 3.64. The molecule has 0 saturated carbocycles. The fraction of sp³-hybridized carbons (Fsp3) is 0.200. The topological polar surface area (TPSA) is 18.5 Å². The van der Waals surface area contributed by atoms with Crippen LogP contribution in [0.4, 0.5) is 0 Å². The summed E-state index contributed by atoms with van der Waals surface area (Å²) in [4.78, 5) is 0. The predicted octanol–water partition coefficient (Wildman–Crippen LogP) is 4.83. The van der Waals surface area contributed by atoms with Gasteiger partial charge >= 0.3 is 0 Å². The van der Waals surface area contributed by atoms with Gasteiger partial charge in [0.05, 0.1) is 14.2 Å². The number of rotatable bonds is 7. The molecule has 0 N–H and O–H groups in total. The van der Waals surface area contributed by atoms with E-state index in [1.807, 2.05) is 36.4 Å². The molecule has 0 saturated heterocycles. The van der Waals surface area contributed by atoms with E-state index >= 15 is 0 Å². The van der Waals surface area contributed by atoms with Crippen LogP contribution in [0.25, 0.3) is 11.1 Å². The monoisotopic (exact) mass is 294 g/mol. The third kappa shape index (κ3) is 3.06. The van der Waals surface area contributed by atoms with Crippen LogP contribution < -0.4 is 9.47 Å². The summed E-state index contributed by atoms with van der Waals surface area (Å²) in [5, 5.41) is 0. The van der Waals surface area contributed by atoms with Crippen LogP contribution in [0, 0.1) is 0 Å². The van der Waals surface area contributed by atoms with E-state index in [2.05, 4.69) is 25.3 Å². The highest BCUT2D eigenvalue weighted by atomic mass is 16.5. The molecule has 2 rings (SSSR count). The second-order valence-corrected chi connectivity index (χ2v) is 4.97. The Labute approximate surface area is 132 Å². The van der Waals surface area contributed by atoms with Crippen molar-refractivity contribution in [3.8, 4) is 22.6 Å². The molecule has 2 aromatic rings.